The van der Waals surface area contributed by atoms with Crippen LogP contribution in [0, 0.1) is 5.92 Å². The molecule has 0 aromatic rings. The third-order valence-corrected chi connectivity index (χ3v) is 1.30. The van der Waals surface area contributed by atoms with Gasteiger partial charge in [0.25, 0.3) is 0 Å². The second-order valence-corrected chi connectivity index (χ2v) is 4.50. The second kappa shape index (κ2) is 5.10. The fourth-order valence-electron chi connectivity index (χ4n) is 0.657. The average Bonchev–Trinajstić information content (AvgIpc) is 1.81. The Kier molecular flexibility index (Phi) is 4.81. The van der Waals surface area contributed by atoms with Crippen molar-refractivity contribution in [1.82, 2.24) is 0 Å². The van der Waals surface area contributed by atoms with Crippen LogP contribution in [0.4, 0.5) is 4.79 Å². The van der Waals surface area contributed by atoms with Gasteiger partial charge in [-0.05, 0) is 33.1 Å². The quantitative estimate of drug-likeness (QED) is 0.639. The molecule has 0 saturated carbocycles. The lowest BCUT2D eigenvalue weighted by atomic mass is 10.1. The van der Waals surface area contributed by atoms with Crippen LogP contribution in [-0.4, -0.2) is 18.4 Å². The molecule has 0 radical (unpaired) electrons. The average molecular weight is 188 g/mol. The van der Waals surface area contributed by atoms with Crippen molar-refractivity contribution in [3.63, 3.8) is 0 Å². The first-order valence-electron chi connectivity index (χ1n) is 4.67. The van der Waals surface area contributed by atoms with Crippen molar-refractivity contribution in [1.29, 1.82) is 0 Å². The minimum Gasteiger partial charge on any atom is -0.434 e. The predicted octanol–water partition coefficient (Wildman–Crippen LogP) is 2.98. The molecule has 0 aliphatic rings. The molecule has 0 rings (SSSR count). The van der Waals surface area contributed by atoms with Crippen molar-refractivity contribution in [2.45, 2.75) is 46.6 Å². The lowest BCUT2D eigenvalue weighted by Crippen LogP contribution is -2.24. The molecule has 0 aliphatic carbocycles. The van der Waals surface area contributed by atoms with Gasteiger partial charge in [0.05, 0.1) is 6.61 Å². The van der Waals surface area contributed by atoms with E-state index in [0.717, 1.165) is 6.42 Å². The molecule has 0 spiro atoms. The Bertz CT molecular complexity index is 156. The fourth-order valence-corrected chi connectivity index (χ4v) is 0.657. The summed E-state index contributed by atoms with van der Waals surface area (Å²) in [5, 5.41) is 0. The van der Waals surface area contributed by atoms with Gasteiger partial charge in [0.2, 0.25) is 0 Å². The van der Waals surface area contributed by atoms with Crippen LogP contribution >= 0.6 is 0 Å². The number of ether oxygens (including phenoxy) is 2. The van der Waals surface area contributed by atoms with E-state index in [1.807, 2.05) is 20.8 Å². The van der Waals surface area contributed by atoms with E-state index in [-0.39, 0.29) is 0 Å². The van der Waals surface area contributed by atoms with Crippen LogP contribution in [0.5, 0.6) is 0 Å². The molecule has 0 atom stereocenters. The van der Waals surface area contributed by atoms with Gasteiger partial charge in [-0.15, -0.1) is 0 Å². The van der Waals surface area contributed by atoms with Gasteiger partial charge in [0, 0.05) is 0 Å². The standard InChI is InChI=1S/C10H20O3/c1-8(2)6-7-12-9(11)13-10(3,4)5/h8H,6-7H2,1-5H3. The first kappa shape index (κ1) is 12.3. The molecule has 0 aromatic heterocycles. The summed E-state index contributed by atoms with van der Waals surface area (Å²) in [7, 11) is 0. The number of rotatable bonds is 3. The SMILES string of the molecule is CC(C)CCOC(=O)OC(C)(C)C. The highest BCUT2D eigenvalue weighted by molar-refractivity contribution is 5.60. The Morgan fingerprint density at radius 3 is 2.23 bits per heavy atom. The van der Waals surface area contributed by atoms with Gasteiger partial charge in [-0.3, -0.25) is 0 Å². The van der Waals surface area contributed by atoms with Gasteiger partial charge in [-0.1, -0.05) is 13.8 Å². The maximum atomic E-state index is 11.0. The molecule has 0 amide bonds. The summed E-state index contributed by atoms with van der Waals surface area (Å²) in [6.45, 7) is 10.0. The summed E-state index contributed by atoms with van der Waals surface area (Å²) in [6, 6.07) is 0. The van der Waals surface area contributed by atoms with Crippen molar-refractivity contribution in [3.8, 4) is 0 Å². The monoisotopic (exact) mass is 188 g/mol. The Balaban J connectivity index is 3.53. The van der Waals surface area contributed by atoms with Crippen molar-refractivity contribution < 1.29 is 14.3 Å². The van der Waals surface area contributed by atoms with Crippen LogP contribution in [0.3, 0.4) is 0 Å². The summed E-state index contributed by atoms with van der Waals surface area (Å²) < 4.78 is 9.83. The third-order valence-electron chi connectivity index (χ3n) is 1.30. The first-order chi connectivity index (χ1) is 5.81. The molecule has 0 N–H and O–H groups in total. The van der Waals surface area contributed by atoms with E-state index >= 15 is 0 Å². The summed E-state index contributed by atoms with van der Waals surface area (Å²) in [4.78, 5) is 11.0. The van der Waals surface area contributed by atoms with Crippen LogP contribution in [0.2, 0.25) is 0 Å². The van der Waals surface area contributed by atoms with Crippen LogP contribution in [-0.2, 0) is 9.47 Å². The van der Waals surface area contributed by atoms with Gasteiger partial charge in [0.1, 0.15) is 5.60 Å². The maximum Gasteiger partial charge on any atom is 0.508 e. The Morgan fingerprint density at radius 2 is 1.85 bits per heavy atom. The van der Waals surface area contributed by atoms with Gasteiger partial charge in [0.15, 0.2) is 0 Å². The minimum atomic E-state index is -0.576. The van der Waals surface area contributed by atoms with Crippen molar-refractivity contribution in [3.05, 3.63) is 0 Å². The van der Waals surface area contributed by atoms with Crippen LogP contribution < -0.4 is 0 Å². The van der Waals surface area contributed by atoms with Gasteiger partial charge in [-0.25, -0.2) is 4.79 Å². The Hall–Kier alpha value is -0.730. The van der Waals surface area contributed by atoms with E-state index in [2.05, 4.69) is 13.8 Å². The second-order valence-electron chi connectivity index (χ2n) is 4.50. The summed E-state index contributed by atoms with van der Waals surface area (Å²) >= 11 is 0. The smallest absolute Gasteiger partial charge is 0.434 e. The lowest BCUT2D eigenvalue weighted by Gasteiger charge is -2.18. The summed E-state index contributed by atoms with van der Waals surface area (Å²) in [6.07, 6.45) is 0.298. The molecule has 78 valence electrons. The number of hydrogen-bond acceptors (Lipinski definition) is 3. The molecule has 0 unspecified atom stereocenters. The zero-order chi connectivity index (χ0) is 10.5. The van der Waals surface area contributed by atoms with E-state index in [1.165, 1.54) is 0 Å². The molecule has 3 nitrogen and oxygen atoms in total. The molecule has 13 heavy (non-hydrogen) atoms. The van der Waals surface area contributed by atoms with E-state index in [1.54, 1.807) is 0 Å². The zero-order valence-corrected chi connectivity index (χ0v) is 9.22. The molecule has 0 aromatic carbocycles. The van der Waals surface area contributed by atoms with Gasteiger partial charge in [-0.2, -0.15) is 0 Å². The highest BCUT2D eigenvalue weighted by atomic mass is 16.7. The molecule has 0 fully saturated rings. The number of carbonyl (C=O) groups excluding carboxylic acids is 1. The highest BCUT2D eigenvalue weighted by Gasteiger charge is 2.16. The molecular weight excluding hydrogens is 168 g/mol. The predicted molar refractivity (Wildman–Crippen MR) is 51.6 cm³/mol. The molecule has 0 saturated heterocycles. The normalized spacial score (nSPS) is 11.5. The van der Waals surface area contributed by atoms with E-state index in [0.29, 0.717) is 12.5 Å². The Labute approximate surface area is 80.4 Å². The molecule has 0 aliphatic heterocycles. The Morgan fingerprint density at radius 1 is 1.31 bits per heavy atom. The first-order valence-corrected chi connectivity index (χ1v) is 4.67. The fraction of sp³-hybridized carbons (Fsp3) is 0.900. The van der Waals surface area contributed by atoms with E-state index in [9.17, 15) is 4.79 Å². The van der Waals surface area contributed by atoms with Crippen LogP contribution in [0.15, 0.2) is 0 Å². The molecule has 0 bridgehead atoms. The summed E-state index contributed by atoms with van der Waals surface area (Å²) in [5.74, 6) is 0.544. The van der Waals surface area contributed by atoms with Crippen molar-refractivity contribution in [2.24, 2.45) is 5.92 Å². The topological polar surface area (TPSA) is 35.5 Å². The molecule has 0 heterocycles. The highest BCUT2D eigenvalue weighted by Crippen LogP contribution is 2.08. The third kappa shape index (κ3) is 9.18. The number of carbonyl (C=O) groups is 1. The summed E-state index contributed by atoms with van der Waals surface area (Å²) in [5.41, 5.74) is -0.463. The van der Waals surface area contributed by atoms with Gasteiger partial charge >= 0.3 is 6.16 Å². The maximum absolute atomic E-state index is 11.0. The van der Waals surface area contributed by atoms with Crippen LogP contribution in [0.25, 0.3) is 0 Å². The van der Waals surface area contributed by atoms with Crippen LogP contribution in [0.1, 0.15) is 41.0 Å². The van der Waals surface area contributed by atoms with E-state index in [4.69, 9.17) is 9.47 Å². The molecule has 3 heteroatoms. The molecular formula is C10H20O3. The van der Waals surface area contributed by atoms with E-state index < -0.39 is 11.8 Å². The van der Waals surface area contributed by atoms with Gasteiger partial charge < -0.3 is 9.47 Å². The lowest BCUT2D eigenvalue weighted by molar-refractivity contribution is -0.00854. The number of hydrogen-bond donors (Lipinski definition) is 0. The largest absolute Gasteiger partial charge is 0.508 e. The van der Waals surface area contributed by atoms with Crippen molar-refractivity contribution in [2.75, 3.05) is 6.61 Å². The minimum absolute atomic E-state index is 0.437. The van der Waals surface area contributed by atoms with Crippen molar-refractivity contribution >= 4 is 6.16 Å². The zero-order valence-electron chi connectivity index (χ0n) is 9.22.